The van der Waals surface area contributed by atoms with Crippen LogP contribution in [0.3, 0.4) is 0 Å². The van der Waals surface area contributed by atoms with Gasteiger partial charge in [-0.25, -0.2) is 0 Å². The van der Waals surface area contributed by atoms with Crippen LogP contribution in [0.25, 0.3) is 0 Å². The summed E-state index contributed by atoms with van der Waals surface area (Å²) < 4.78 is 10.8. The molecule has 11 heavy (non-hydrogen) atoms. The van der Waals surface area contributed by atoms with Crippen LogP contribution < -0.4 is 0 Å². The van der Waals surface area contributed by atoms with E-state index in [0.29, 0.717) is 12.5 Å². The molecule has 64 valence electrons. The van der Waals surface area contributed by atoms with E-state index in [-0.39, 0.29) is 12.2 Å². The van der Waals surface area contributed by atoms with Gasteiger partial charge in [-0.1, -0.05) is 6.92 Å². The van der Waals surface area contributed by atoms with E-state index < -0.39 is 6.10 Å². The number of aliphatic hydroxyl groups is 1. The first-order valence-electron chi connectivity index (χ1n) is 4.24. The molecule has 2 fully saturated rings. The van der Waals surface area contributed by atoms with Gasteiger partial charge in [0.25, 0.3) is 0 Å². The highest BCUT2D eigenvalue weighted by Crippen LogP contribution is 2.32. The van der Waals surface area contributed by atoms with E-state index in [2.05, 4.69) is 6.92 Å². The molecule has 3 nitrogen and oxygen atoms in total. The van der Waals surface area contributed by atoms with Crippen molar-refractivity contribution < 1.29 is 14.6 Å². The van der Waals surface area contributed by atoms with Crippen molar-refractivity contribution in [3.8, 4) is 0 Å². The van der Waals surface area contributed by atoms with Gasteiger partial charge in [0.2, 0.25) is 0 Å². The molecule has 2 saturated heterocycles. The minimum atomic E-state index is -0.392. The van der Waals surface area contributed by atoms with Crippen molar-refractivity contribution in [3.05, 3.63) is 0 Å². The summed E-state index contributed by atoms with van der Waals surface area (Å²) in [5.41, 5.74) is 0. The predicted octanol–water partition coefficient (Wildman–Crippen LogP) is 0.171. The van der Waals surface area contributed by atoms with Crippen LogP contribution in [0.2, 0.25) is 0 Å². The Hall–Kier alpha value is -0.120. The van der Waals surface area contributed by atoms with Crippen LogP contribution in [0.4, 0.5) is 0 Å². The standard InChI is InChI=1S/C8H14O3/c1-2-5-3-10-8-6(9)4-11-7(5)8/h5-9H,2-4H2,1H3/t5?,6?,7-,8-/m1/s1. The minimum absolute atomic E-state index is 0.0417. The fraction of sp³-hybridized carbons (Fsp3) is 1.00. The number of fused-ring (bicyclic) bond motifs is 1. The molecule has 0 aromatic carbocycles. The number of rotatable bonds is 1. The third kappa shape index (κ3) is 1.08. The molecule has 0 saturated carbocycles. The highest BCUT2D eigenvalue weighted by molar-refractivity contribution is 4.93. The van der Waals surface area contributed by atoms with Crippen LogP contribution in [-0.4, -0.2) is 36.6 Å². The van der Waals surface area contributed by atoms with Crippen molar-refractivity contribution in [3.63, 3.8) is 0 Å². The highest BCUT2D eigenvalue weighted by atomic mass is 16.6. The van der Waals surface area contributed by atoms with Gasteiger partial charge in [0, 0.05) is 5.92 Å². The van der Waals surface area contributed by atoms with E-state index >= 15 is 0 Å². The van der Waals surface area contributed by atoms with Gasteiger partial charge in [-0.2, -0.15) is 0 Å². The molecule has 0 aromatic rings. The summed E-state index contributed by atoms with van der Waals surface area (Å²) in [6.45, 7) is 3.33. The van der Waals surface area contributed by atoms with Crippen LogP contribution in [0.1, 0.15) is 13.3 Å². The lowest BCUT2D eigenvalue weighted by molar-refractivity contribution is 0.0168. The van der Waals surface area contributed by atoms with Crippen LogP contribution in [0, 0.1) is 5.92 Å². The smallest absolute Gasteiger partial charge is 0.112 e. The summed E-state index contributed by atoms with van der Waals surface area (Å²) in [5.74, 6) is 0.497. The Morgan fingerprint density at radius 1 is 1.27 bits per heavy atom. The first kappa shape index (κ1) is 7.53. The molecule has 2 aliphatic heterocycles. The zero-order chi connectivity index (χ0) is 7.84. The van der Waals surface area contributed by atoms with Gasteiger partial charge in [-0.15, -0.1) is 0 Å². The molecule has 2 rings (SSSR count). The lowest BCUT2D eigenvalue weighted by Gasteiger charge is -2.12. The molecule has 0 aliphatic carbocycles. The largest absolute Gasteiger partial charge is 0.388 e. The lowest BCUT2D eigenvalue weighted by Crippen LogP contribution is -2.28. The third-order valence-electron chi connectivity index (χ3n) is 2.65. The zero-order valence-electron chi connectivity index (χ0n) is 6.69. The number of hydrogen-bond donors (Lipinski definition) is 1. The van der Waals surface area contributed by atoms with Gasteiger partial charge in [-0.05, 0) is 6.42 Å². The van der Waals surface area contributed by atoms with E-state index in [0.717, 1.165) is 13.0 Å². The van der Waals surface area contributed by atoms with Gasteiger partial charge >= 0.3 is 0 Å². The number of aliphatic hydroxyl groups excluding tert-OH is 1. The number of ether oxygens (including phenoxy) is 2. The van der Waals surface area contributed by atoms with Crippen molar-refractivity contribution in [1.82, 2.24) is 0 Å². The maximum atomic E-state index is 9.36. The second kappa shape index (κ2) is 2.73. The van der Waals surface area contributed by atoms with Crippen molar-refractivity contribution >= 4 is 0 Å². The van der Waals surface area contributed by atoms with E-state index in [1.165, 1.54) is 0 Å². The second-order valence-corrected chi connectivity index (χ2v) is 3.33. The van der Waals surface area contributed by atoms with E-state index in [1.54, 1.807) is 0 Å². The molecule has 3 heteroatoms. The van der Waals surface area contributed by atoms with Gasteiger partial charge in [0.05, 0.1) is 19.3 Å². The molecule has 0 radical (unpaired) electrons. The van der Waals surface area contributed by atoms with Crippen molar-refractivity contribution in [2.75, 3.05) is 13.2 Å². The lowest BCUT2D eigenvalue weighted by atomic mass is 9.99. The minimum Gasteiger partial charge on any atom is -0.388 e. The third-order valence-corrected chi connectivity index (χ3v) is 2.65. The van der Waals surface area contributed by atoms with Crippen molar-refractivity contribution in [1.29, 1.82) is 0 Å². The summed E-state index contributed by atoms with van der Waals surface area (Å²) in [4.78, 5) is 0. The molecule has 2 unspecified atom stereocenters. The maximum absolute atomic E-state index is 9.36. The van der Waals surface area contributed by atoms with E-state index in [4.69, 9.17) is 9.47 Å². The number of hydrogen-bond acceptors (Lipinski definition) is 3. The second-order valence-electron chi connectivity index (χ2n) is 3.33. The first-order chi connectivity index (χ1) is 5.33. The Morgan fingerprint density at radius 2 is 2.00 bits per heavy atom. The Labute approximate surface area is 66.3 Å². The van der Waals surface area contributed by atoms with Crippen LogP contribution in [-0.2, 0) is 9.47 Å². The normalized spacial score (nSPS) is 49.6. The zero-order valence-corrected chi connectivity index (χ0v) is 6.69. The van der Waals surface area contributed by atoms with Crippen molar-refractivity contribution in [2.24, 2.45) is 5.92 Å². The van der Waals surface area contributed by atoms with E-state index in [9.17, 15) is 5.11 Å². The van der Waals surface area contributed by atoms with Gasteiger partial charge in [-0.3, -0.25) is 0 Å². The topological polar surface area (TPSA) is 38.7 Å². The Morgan fingerprint density at radius 3 is 2.73 bits per heavy atom. The first-order valence-corrected chi connectivity index (χ1v) is 4.24. The fourth-order valence-electron chi connectivity index (χ4n) is 1.91. The Bertz CT molecular complexity index is 148. The SMILES string of the molecule is CCC1CO[C@@H]2C(O)CO[C@H]12. The summed E-state index contributed by atoms with van der Waals surface area (Å²) in [7, 11) is 0. The molecule has 0 aromatic heterocycles. The van der Waals surface area contributed by atoms with Crippen molar-refractivity contribution in [2.45, 2.75) is 31.7 Å². The molecule has 1 N–H and O–H groups in total. The van der Waals surface area contributed by atoms with Gasteiger partial charge < -0.3 is 14.6 Å². The average molecular weight is 158 g/mol. The molecule has 2 heterocycles. The average Bonchev–Trinajstić information content (AvgIpc) is 2.53. The van der Waals surface area contributed by atoms with Gasteiger partial charge in [0.15, 0.2) is 0 Å². The summed E-state index contributed by atoms with van der Waals surface area (Å²) in [5, 5.41) is 9.36. The van der Waals surface area contributed by atoms with Gasteiger partial charge in [0.1, 0.15) is 12.2 Å². The Kier molecular flexibility index (Phi) is 1.87. The molecule has 0 bridgehead atoms. The molecule has 0 amide bonds. The van der Waals surface area contributed by atoms with Crippen LogP contribution in [0.15, 0.2) is 0 Å². The molecule has 0 spiro atoms. The molecule has 2 aliphatic rings. The summed E-state index contributed by atoms with van der Waals surface area (Å²) in [6, 6.07) is 0. The summed E-state index contributed by atoms with van der Waals surface area (Å²) in [6.07, 6.45) is 0.806. The van der Waals surface area contributed by atoms with Crippen LogP contribution in [0.5, 0.6) is 0 Å². The monoisotopic (exact) mass is 158 g/mol. The maximum Gasteiger partial charge on any atom is 0.112 e. The quantitative estimate of drug-likeness (QED) is 0.591. The predicted molar refractivity (Wildman–Crippen MR) is 39.3 cm³/mol. The molecular formula is C8H14O3. The fourth-order valence-corrected chi connectivity index (χ4v) is 1.91. The molecule has 4 atom stereocenters. The summed E-state index contributed by atoms with van der Waals surface area (Å²) >= 11 is 0. The van der Waals surface area contributed by atoms with E-state index in [1.807, 2.05) is 0 Å². The highest BCUT2D eigenvalue weighted by Gasteiger charge is 2.45. The van der Waals surface area contributed by atoms with Crippen LogP contribution >= 0.6 is 0 Å². The Balaban J connectivity index is 2.04. The molecular weight excluding hydrogens is 144 g/mol.